The number of carbonyl (C=O) groups excluding carboxylic acids is 3. The highest BCUT2D eigenvalue weighted by Gasteiger charge is 2.48. The zero-order valence-corrected chi connectivity index (χ0v) is 21.2. The Bertz CT molecular complexity index is 933. The van der Waals surface area contributed by atoms with Gasteiger partial charge in [-0.15, -0.1) is 0 Å². The molecule has 2 aliphatic rings. The molecule has 3 atom stereocenters. The van der Waals surface area contributed by atoms with E-state index in [4.69, 9.17) is 0 Å². The van der Waals surface area contributed by atoms with Crippen molar-refractivity contribution in [3.63, 3.8) is 0 Å². The monoisotopic (exact) mass is 512 g/mol. The van der Waals surface area contributed by atoms with Gasteiger partial charge in [-0.05, 0) is 18.6 Å². The van der Waals surface area contributed by atoms with Gasteiger partial charge in [0.25, 0.3) is 11.7 Å². The predicted octanol–water partition coefficient (Wildman–Crippen LogP) is 1.67. The Hall–Kier alpha value is -2.51. The lowest BCUT2D eigenvalue weighted by Crippen LogP contribution is -2.56. The molecule has 1 aliphatic carbocycles. The third kappa shape index (κ3) is 6.19. The number of halogens is 1. The lowest BCUT2D eigenvalue weighted by molar-refractivity contribution is -0.154. The van der Waals surface area contributed by atoms with Gasteiger partial charge in [-0.1, -0.05) is 37.4 Å². The smallest absolute Gasteiger partial charge is 0.278 e. The molecule has 194 valence electrons. The number of aromatic nitrogens is 2. The van der Waals surface area contributed by atoms with Crippen molar-refractivity contribution in [2.75, 3.05) is 38.9 Å². The molecule has 0 radical (unpaired) electrons. The molecular weight excluding hydrogens is 477 g/mol. The second-order valence-electron chi connectivity index (χ2n) is 9.39. The summed E-state index contributed by atoms with van der Waals surface area (Å²) in [5, 5.41) is 13.1. The Morgan fingerprint density at radius 1 is 1.29 bits per heavy atom. The van der Waals surface area contributed by atoms with E-state index >= 15 is 4.39 Å². The van der Waals surface area contributed by atoms with Gasteiger partial charge in [0.1, 0.15) is 0 Å². The van der Waals surface area contributed by atoms with Crippen LogP contribution in [0.2, 0.25) is 0 Å². The lowest BCUT2D eigenvalue weighted by Gasteiger charge is -2.33. The Labute approximate surface area is 208 Å². The minimum absolute atomic E-state index is 0.00662. The van der Waals surface area contributed by atoms with Crippen molar-refractivity contribution in [3.05, 3.63) is 5.82 Å². The van der Waals surface area contributed by atoms with Gasteiger partial charge < -0.3 is 5.32 Å². The molecule has 2 heterocycles. The van der Waals surface area contributed by atoms with Crippen molar-refractivity contribution in [1.82, 2.24) is 30.3 Å². The van der Waals surface area contributed by atoms with Gasteiger partial charge in [-0.25, -0.2) is 10.0 Å². The Morgan fingerprint density at radius 2 is 2.00 bits per heavy atom. The summed E-state index contributed by atoms with van der Waals surface area (Å²) >= 11 is 1.22. The van der Waals surface area contributed by atoms with Gasteiger partial charge in [0, 0.05) is 19.9 Å². The predicted molar refractivity (Wildman–Crippen MR) is 130 cm³/mol. The van der Waals surface area contributed by atoms with Crippen molar-refractivity contribution in [1.29, 1.82) is 0 Å². The van der Waals surface area contributed by atoms with Crippen molar-refractivity contribution >= 4 is 41.6 Å². The van der Waals surface area contributed by atoms with E-state index in [0.29, 0.717) is 35.5 Å². The maximum absolute atomic E-state index is 15.7. The van der Waals surface area contributed by atoms with Crippen molar-refractivity contribution < 1.29 is 24.0 Å². The molecule has 13 heteroatoms. The summed E-state index contributed by atoms with van der Waals surface area (Å²) in [4.78, 5) is 44.9. The molecule has 2 fully saturated rings. The van der Waals surface area contributed by atoms with Crippen LogP contribution in [-0.2, 0) is 14.4 Å². The largest absolute Gasteiger partial charge is 0.354 e. The number of anilines is 1. The van der Waals surface area contributed by atoms with Gasteiger partial charge >= 0.3 is 0 Å². The van der Waals surface area contributed by atoms with Crippen molar-refractivity contribution in [2.24, 2.45) is 11.8 Å². The molecule has 1 aromatic heterocycles. The summed E-state index contributed by atoms with van der Waals surface area (Å²) in [5.74, 6) is -1.88. The Balaban J connectivity index is 1.82. The molecule has 1 aliphatic heterocycles. The molecule has 0 bridgehead atoms. The highest BCUT2D eigenvalue weighted by atomic mass is 32.2. The fraction of sp³-hybridized carbons (Fsp3) is 0.682. The second kappa shape index (κ2) is 12.0. The number of rotatable bonds is 11. The highest BCUT2D eigenvalue weighted by molar-refractivity contribution is 7.98. The number of amides is 3. The number of hydrogen-bond acceptors (Lipinski definition) is 8. The van der Waals surface area contributed by atoms with E-state index in [0.717, 1.165) is 32.1 Å². The van der Waals surface area contributed by atoms with Crippen LogP contribution in [0.25, 0.3) is 0 Å². The fourth-order valence-electron chi connectivity index (χ4n) is 5.20. The zero-order chi connectivity index (χ0) is 25.6. The number of thioether (sulfide) groups is 1. The van der Waals surface area contributed by atoms with Gasteiger partial charge in [-0.3, -0.25) is 34.9 Å². The molecule has 0 spiro atoms. The SMILES string of the molecule is CNC(=O)[C@@H]1CCC[N+]1(C)c1nc(SC)nc(NNC(=O)[C@H](CC2CCCC2)CN(O)C=O)c1F. The number of quaternary nitrogens is 1. The van der Waals surface area contributed by atoms with Gasteiger partial charge in [0.2, 0.25) is 18.1 Å². The molecule has 1 saturated carbocycles. The summed E-state index contributed by atoms with van der Waals surface area (Å²) in [6.07, 6.45) is 8.03. The molecule has 0 aromatic carbocycles. The Kier molecular flexibility index (Phi) is 9.25. The fourth-order valence-corrected chi connectivity index (χ4v) is 5.56. The van der Waals surface area contributed by atoms with E-state index < -0.39 is 23.7 Å². The first-order valence-corrected chi connectivity index (χ1v) is 13.1. The maximum Gasteiger partial charge on any atom is 0.278 e. The van der Waals surface area contributed by atoms with Crippen LogP contribution in [0.3, 0.4) is 0 Å². The highest BCUT2D eigenvalue weighted by Crippen LogP contribution is 2.36. The van der Waals surface area contributed by atoms with Gasteiger partial charge in [-0.2, -0.15) is 9.37 Å². The topological polar surface area (TPSA) is 137 Å². The molecule has 1 unspecified atom stereocenters. The summed E-state index contributed by atoms with van der Waals surface area (Å²) in [6, 6.07) is -0.490. The van der Waals surface area contributed by atoms with E-state index in [1.165, 1.54) is 11.8 Å². The number of nitrogens with one attached hydrogen (secondary N) is 3. The standard InChI is InChI=1S/C22H34FN7O4S/c1-24-21(33)16-9-6-10-30(16,2)19-17(23)18(25-22(26-19)35-3)27-28-20(32)15(12-29(34)13-31)11-14-7-4-5-8-14/h13-16,34H,4-12H2,1-3H3,(H2-,24,25,26,27,28,32,33)/p+1/t15-,16+,30?/m1/s1. The molecule has 4 N–H and O–H groups in total. The maximum atomic E-state index is 15.7. The van der Waals surface area contributed by atoms with E-state index in [9.17, 15) is 19.6 Å². The number of nitrogens with zero attached hydrogens (tertiary/aromatic N) is 4. The number of likely N-dealkylation sites (N-methyl/N-ethyl adjacent to an activating group) is 2. The van der Waals surface area contributed by atoms with Crippen LogP contribution in [0.1, 0.15) is 44.9 Å². The second-order valence-corrected chi connectivity index (χ2v) is 10.2. The first-order valence-electron chi connectivity index (χ1n) is 11.9. The van der Waals surface area contributed by atoms with Crippen LogP contribution < -0.4 is 20.7 Å². The van der Waals surface area contributed by atoms with Crippen LogP contribution in [0.4, 0.5) is 16.0 Å². The van der Waals surface area contributed by atoms with Crippen LogP contribution >= 0.6 is 11.8 Å². The number of carbonyl (C=O) groups is 3. The molecule has 3 rings (SSSR count). The molecular formula is C22H35FN7O4S+. The van der Waals surface area contributed by atoms with E-state index in [2.05, 4.69) is 26.1 Å². The summed E-state index contributed by atoms with van der Waals surface area (Å²) < 4.78 is 15.7. The zero-order valence-electron chi connectivity index (χ0n) is 20.4. The number of hydrogen-bond donors (Lipinski definition) is 4. The first kappa shape index (κ1) is 27.1. The third-order valence-electron chi connectivity index (χ3n) is 7.11. The average molecular weight is 513 g/mol. The average Bonchev–Trinajstić information content (AvgIpc) is 3.52. The van der Waals surface area contributed by atoms with Crippen LogP contribution in [0.15, 0.2) is 5.16 Å². The minimum atomic E-state index is -0.745. The van der Waals surface area contributed by atoms with Crippen molar-refractivity contribution in [2.45, 2.75) is 56.1 Å². The van der Waals surface area contributed by atoms with E-state index in [-0.39, 0.29) is 35.0 Å². The van der Waals surface area contributed by atoms with E-state index in [1.807, 2.05) is 0 Å². The van der Waals surface area contributed by atoms with Gasteiger partial charge in [0.15, 0.2) is 17.0 Å². The molecule has 1 saturated heterocycles. The minimum Gasteiger partial charge on any atom is -0.354 e. The summed E-state index contributed by atoms with van der Waals surface area (Å²) in [7, 11) is 3.33. The Morgan fingerprint density at radius 3 is 2.63 bits per heavy atom. The molecule has 11 nitrogen and oxygen atoms in total. The van der Waals surface area contributed by atoms with Crippen molar-refractivity contribution in [3.8, 4) is 0 Å². The first-order chi connectivity index (χ1) is 16.7. The molecule has 1 aromatic rings. The third-order valence-corrected chi connectivity index (χ3v) is 7.66. The lowest BCUT2D eigenvalue weighted by atomic mass is 9.92. The summed E-state index contributed by atoms with van der Waals surface area (Å²) in [5.41, 5.74) is 5.09. The van der Waals surface area contributed by atoms with Crippen LogP contribution in [-0.4, -0.2) is 77.9 Å². The van der Waals surface area contributed by atoms with E-state index in [1.54, 1.807) is 20.4 Å². The van der Waals surface area contributed by atoms with Crippen LogP contribution in [0, 0.1) is 17.7 Å². The summed E-state index contributed by atoms with van der Waals surface area (Å²) in [6.45, 7) is 0.372. The number of hydrazine groups is 1. The number of likely N-dealkylation sites (tertiary alicyclic amines) is 1. The molecule has 3 amide bonds. The molecule has 35 heavy (non-hydrogen) atoms. The number of hydroxylamine groups is 2. The normalized spacial score (nSPS) is 23.1. The van der Waals surface area contributed by atoms with Gasteiger partial charge in [0.05, 0.1) is 26.1 Å². The van der Waals surface area contributed by atoms with Crippen LogP contribution in [0.5, 0.6) is 0 Å². The quantitative estimate of drug-likeness (QED) is 0.0878.